The zero-order valence-corrected chi connectivity index (χ0v) is 17.2. The highest BCUT2D eigenvalue weighted by atomic mass is 19.4. The summed E-state index contributed by atoms with van der Waals surface area (Å²) in [5.41, 5.74) is -2.34. The van der Waals surface area contributed by atoms with Crippen LogP contribution in [0.4, 0.5) is 40.8 Å². The number of halogens is 8. The summed E-state index contributed by atoms with van der Waals surface area (Å²) in [6.45, 7) is 1.40. The number of amides is 3. The summed E-state index contributed by atoms with van der Waals surface area (Å²) in [5, 5.41) is 1.69. The van der Waals surface area contributed by atoms with E-state index in [9.17, 15) is 49.5 Å². The molecule has 0 bridgehead atoms. The Morgan fingerprint density at radius 2 is 1.68 bits per heavy atom. The highest BCUT2D eigenvalue weighted by Crippen LogP contribution is 2.36. The first-order valence-electron chi connectivity index (χ1n) is 9.35. The third-order valence-electron chi connectivity index (χ3n) is 4.66. The number of nitrogens with one attached hydrogen (secondary N) is 1. The van der Waals surface area contributed by atoms with Gasteiger partial charge in [0, 0.05) is 16.8 Å². The van der Waals surface area contributed by atoms with Gasteiger partial charge in [0.25, 0.3) is 5.91 Å². The fourth-order valence-corrected chi connectivity index (χ4v) is 2.95. The standard InChI is InChI=1S/C21H16F8N2O3/c1-11-4-2-3-5-15(11)18(34)31(10-32)16(21(27,28)29)9-17(33)30-14-7-12(6-13(22)8-14)20(25,26)19(23)24/h2-8,10,16,19H,9H2,1H3,(H,30,33). The van der Waals surface area contributed by atoms with E-state index in [0.29, 0.717) is 6.07 Å². The third kappa shape index (κ3) is 6.08. The predicted molar refractivity (Wildman–Crippen MR) is 103 cm³/mol. The van der Waals surface area contributed by atoms with Crippen LogP contribution in [0.3, 0.4) is 0 Å². The van der Waals surface area contributed by atoms with Gasteiger partial charge in [-0.3, -0.25) is 19.3 Å². The van der Waals surface area contributed by atoms with E-state index < -0.39 is 66.3 Å². The van der Waals surface area contributed by atoms with Crippen LogP contribution in [-0.2, 0) is 15.5 Å². The number of imide groups is 1. The number of carbonyl (C=O) groups is 3. The zero-order valence-electron chi connectivity index (χ0n) is 17.2. The highest BCUT2D eigenvalue weighted by molar-refractivity contribution is 6.02. The average Bonchev–Trinajstić information content (AvgIpc) is 2.72. The molecule has 0 saturated heterocycles. The maximum atomic E-state index is 13.6. The lowest BCUT2D eigenvalue weighted by atomic mass is 10.1. The topological polar surface area (TPSA) is 66.5 Å². The molecule has 13 heteroatoms. The van der Waals surface area contributed by atoms with E-state index in [2.05, 4.69) is 0 Å². The Balaban J connectivity index is 2.32. The Morgan fingerprint density at radius 1 is 1.06 bits per heavy atom. The van der Waals surface area contributed by atoms with Crippen molar-refractivity contribution in [3.05, 3.63) is 65.0 Å². The van der Waals surface area contributed by atoms with Crippen LogP contribution in [0.25, 0.3) is 0 Å². The first kappa shape index (κ1) is 26.7. The molecular weight excluding hydrogens is 480 g/mol. The molecule has 0 radical (unpaired) electrons. The van der Waals surface area contributed by atoms with Crippen LogP contribution in [0.15, 0.2) is 42.5 Å². The second-order valence-corrected chi connectivity index (χ2v) is 7.09. The molecule has 2 rings (SSSR count). The van der Waals surface area contributed by atoms with Gasteiger partial charge >= 0.3 is 18.5 Å². The molecule has 3 amide bonds. The third-order valence-corrected chi connectivity index (χ3v) is 4.66. The van der Waals surface area contributed by atoms with Crippen molar-refractivity contribution in [2.24, 2.45) is 0 Å². The first-order chi connectivity index (χ1) is 15.7. The van der Waals surface area contributed by atoms with Crippen LogP contribution in [0, 0.1) is 12.7 Å². The summed E-state index contributed by atoms with van der Waals surface area (Å²) in [4.78, 5) is 35.9. The summed E-state index contributed by atoms with van der Waals surface area (Å²) < 4.78 is 107. The second kappa shape index (κ2) is 10.2. The van der Waals surface area contributed by atoms with Gasteiger partial charge in [0.1, 0.15) is 11.9 Å². The number of nitrogens with zero attached hydrogens (tertiary/aromatic N) is 1. The van der Waals surface area contributed by atoms with Gasteiger partial charge in [0.05, 0.1) is 6.42 Å². The van der Waals surface area contributed by atoms with Crippen LogP contribution in [-0.4, -0.2) is 41.8 Å². The van der Waals surface area contributed by atoms with Crippen LogP contribution in [0.1, 0.15) is 27.9 Å². The molecule has 0 aromatic heterocycles. The minimum Gasteiger partial charge on any atom is -0.326 e. The second-order valence-electron chi connectivity index (χ2n) is 7.09. The van der Waals surface area contributed by atoms with Crippen LogP contribution < -0.4 is 5.32 Å². The Hall–Kier alpha value is -3.51. The fraction of sp³-hybridized carbons (Fsp3) is 0.286. The molecule has 0 saturated carbocycles. The maximum Gasteiger partial charge on any atom is 0.409 e. The zero-order chi connectivity index (χ0) is 25.8. The molecule has 2 aromatic rings. The van der Waals surface area contributed by atoms with Gasteiger partial charge in [0.2, 0.25) is 12.3 Å². The largest absolute Gasteiger partial charge is 0.409 e. The van der Waals surface area contributed by atoms with E-state index in [1.807, 2.05) is 0 Å². The molecule has 184 valence electrons. The van der Waals surface area contributed by atoms with E-state index in [0.717, 1.165) is 0 Å². The van der Waals surface area contributed by atoms with Crippen molar-refractivity contribution in [3.8, 4) is 0 Å². The van der Waals surface area contributed by atoms with Gasteiger partial charge in [-0.25, -0.2) is 13.2 Å². The predicted octanol–water partition coefficient (Wildman–Crippen LogP) is 5.05. The lowest BCUT2D eigenvalue weighted by molar-refractivity contribution is -0.180. The summed E-state index contributed by atoms with van der Waals surface area (Å²) in [6, 6.07) is 3.21. The van der Waals surface area contributed by atoms with Crippen molar-refractivity contribution in [1.29, 1.82) is 0 Å². The Labute approximate surface area is 187 Å². The van der Waals surface area contributed by atoms with Crippen molar-refractivity contribution < 1.29 is 49.5 Å². The fourth-order valence-electron chi connectivity index (χ4n) is 2.95. The normalized spacial score (nSPS) is 12.9. The number of rotatable bonds is 8. The molecule has 0 spiro atoms. The minimum absolute atomic E-state index is 0.0787. The van der Waals surface area contributed by atoms with Crippen LogP contribution in [0.5, 0.6) is 0 Å². The van der Waals surface area contributed by atoms with E-state index in [1.165, 1.54) is 31.2 Å². The Morgan fingerprint density at radius 3 is 2.21 bits per heavy atom. The smallest absolute Gasteiger partial charge is 0.326 e. The number of hydrogen-bond acceptors (Lipinski definition) is 3. The van der Waals surface area contributed by atoms with Gasteiger partial charge in [-0.15, -0.1) is 0 Å². The average molecular weight is 496 g/mol. The molecule has 0 heterocycles. The molecule has 34 heavy (non-hydrogen) atoms. The van der Waals surface area contributed by atoms with Gasteiger partial charge in [-0.1, -0.05) is 18.2 Å². The molecule has 0 fully saturated rings. The highest BCUT2D eigenvalue weighted by Gasteiger charge is 2.47. The van der Waals surface area contributed by atoms with E-state index >= 15 is 0 Å². The SMILES string of the molecule is Cc1ccccc1C(=O)N(C=O)C(CC(=O)Nc1cc(F)cc(C(F)(F)C(F)F)c1)C(F)(F)F. The van der Waals surface area contributed by atoms with E-state index in [-0.39, 0.29) is 28.2 Å². The van der Waals surface area contributed by atoms with Crippen molar-refractivity contribution in [2.75, 3.05) is 5.32 Å². The number of anilines is 1. The lowest BCUT2D eigenvalue weighted by Crippen LogP contribution is -2.50. The van der Waals surface area contributed by atoms with Crippen LogP contribution >= 0.6 is 0 Å². The minimum atomic E-state index is -5.29. The quantitative estimate of drug-likeness (QED) is 0.411. The molecule has 5 nitrogen and oxygen atoms in total. The van der Waals surface area contributed by atoms with E-state index in [4.69, 9.17) is 0 Å². The summed E-state index contributed by atoms with van der Waals surface area (Å²) in [7, 11) is 0. The number of hydrogen-bond donors (Lipinski definition) is 1. The van der Waals surface area contributed by atoms with Gasteiger partial charge in [-0.2, -0.15) is 22.0 Å². The molecule has 0 aliphatic rings. The van der Waals surface area contributed by atoms with Crippen molar-refractivity contribution in [2.45, 2.75) is 37.9 Å². The number of benzene rings is 2. The molecule has 1 N–H and O–H groups in total. The summed E-state index contributed by atoms with van der Waals surface area (Å²) in [6.07, 6.45) is -11.5. The summed E-state index contributed by atoms with van der Waals surface area (Å²) in [5.74, 6) is -9.18. The molecule has 1 atom stereocenters. The van der Waals surface area contributed by atoms with Gasteiger partial charge < -0.3 is 5.32 Å². The lowest BCUT2D eigenvalue weighted by Gasteiger charge is -2.28. The van der Waals surface area contributed by atoms with Crippen molar-refractivity contribution in [3.63, 3.8) is 0 Å². The van der Waals surface area contributed by atoms with Crippen molar-refractivity contribution >= 4 is 23.9 Å². The van der Waals surface area contributed by atoms with Crippen molar-refractivity contribution in [1.82, 2.24) is 4.90 Å². The van der Waals surface area contributed by atoms with Gasteiger partial charge in [0.15, 0.2) is 0 Å². The van der Waals surface area contributed by atoms with Gasteiger partial charge in [-0.05, 0) is 36.8 Å². The van der Waals surface area contributed by atoms with Crippen LogP contribution in [0.2, 0.25) is 0 Å². The first-order valence-corrected chi connectivity index (χ1v) is 9.35. The molecule has 2 aromatic carbocycles. The number of carbonyl (C=O) groups excluding carboxylic acids is 3. The molecule has 0 aliphatic heterocycles. The van der Waals surface area contributed by atoms with E-state index in [1.54, 1.807) is 5.32 Å². The number of aryl methyl sites for hydroxylation is 1. The molecule has 1 unspecified atom stereocenters. The maximum absolute atomic E-state index is 13.6. The summed E-state index contributed by atoms with van der Waals surface area (Å²) >= 11 is 0. The molecule has 0 aliphatic carbocycles. The molecular formula is C21H16F8N2O3. The Bertz CT molecular complexity index is 1070. The Kier molecular flexibility index (Phi) is 8.01. The number of alkyl halides is 7. The monoisotopic (exact) mass is 496 g/mol.